The van der Waals surface area contributed by atoms with Crippen LogP contribution < -0.4 is 9.47 Å². The molecule has 1 aromatic heterocycles. The first kappa shape index (κ1) is 19.8. The molecule has 156 valence electrons. The molecule has 1 amide bonds. The summed E-state index contributed by atoms with van der Waals surface area (Å²) in [5, 5.41) is 4.01. The summed E-state index contributed by atoms with van der Waals surface area (Å²) in [6.07, 6.45) is 0.700. The van der Waals surface area contributed by atoms with E-state index in [0.29, 0.717) is 29.3 Å². The number of hydrogen-bond donors (Lipinski definition) is 0. The summed E-state index contributed by atoms with van der Waals surface area (Å²) in [7, 11) is 3.07. The summed E-state index contributed by atoms with van der Waals surface area (Å²) in [5.74, 6) is 0.329. The Hall–Kier alpha value is -3.49. The normalized spacial score (nSPS) is 16.2. The number of carbonyl (C=O) groups excluding carboxylic acids is 1. The first-order valence-electron chi connectivity index (χ1n) is 9.29. The Labute approximate surface area is 171 Å². The van der Waals surface area contributed by atoms with Gasteiger partial charge in [0.15, 0.2) is 0 Å². The predicted molar refractivity (Wildman–Crippen MR) is 102 cm³/mol. The summed E-state index contributed by atoms with van der Waals surface area (Å²) >= 11 is 0. The lowest BCUT2D eigenvalue weighted by Gasteiger charge is -2.22. The quantitative estimate of drug-likeness (QED) is 0.608. The number of nitrogens with zero attached hydrogens (tertiary/aromatic N) is 3. The summed E-state index contributed by atoms with van der Waals surface area (Å²) in [6, 6.07) is 7.83. The molecule has 0 spiro atoms. The number of amides is 1. The maximum Gasteiger partial charge on any atom is 0.249 e. The lowest BCUT2D eigenvalue weighted by molar-refractivity contribution is -0.130. The van der Waals surface area contributed by atoms with Crippen molar-refractivity contribution >= 4 is 5.91 Å². The van der Waals surface area contributed by atoms with Crippen molar-refractivity contribution in [2.45, 2.75) is 25.4 Å². The summed E-state index contributed by atoms with van der Waals surface area (Å²) in [4.78, 5) is 18.3. The fourth-order valence-corrected chi connectivity index (χ4v) is 3.46. The van der Waals surface area contributed by atoms with Gasteiger partial charge in [0.1, 0.15) is 29.2 Å². The second kappa shape index (κ2) is 8.10. The van der Waals surface area contributed by atoms with E-state index in [1.807, 2.05) is 0 Å². The molecule has 1 saturated heterocycles. The summed E-state index contributed by atoms with van der Waals surface area (Å²) in [5.41, 5.74) is 0.709. The minimum Gasteiger partial charge on any atom is -0.497 e. The first-order chi connectivity index (χ1) is 14.5. The van der Waals surface area contributed by atoms with Crippen LogP contribution in [0.3, 0.4) is 0 Å². The molecular formula is C21H19F2N3O4. The van der Waals surface area contributed by atoms with E-state index >= 15 is 0 Å². The number of benzene rings is 2. The molecule has 1 unspecified atom stereocenters. The molecule has 0 radical (unpaired) electrons. The number of halogens is 2. The number of ether oxygens (including phenoxy) is 2. The van der Waals surface area contributed by atoms with Crippen LogP contribution in [0.25, 0.3) is 11.4 Å². The molecule has 1 fully saturated rings. The average molecular weight is 415 g/mol. The van der Waals surface area contributed by atoms with E-state index in [2.05, 4.69) is 10.1 Å². The molecule has 0 bridgehead atoms. The second-order valence-corrected chi connectivity index (χ2v) is 6.87. The number of rotatable bonds is 6. The van der Waals surface area contributed by atoms with E-state index in [0.717, 1.165) is 18.2 Å². The van der Waals surface area contributed by atoms with Gasteiger partial charge in [0.25, 0.3) is 0 Å². The van der Waals surface area contributed by atoms with Gasteiger partial charge in [-0.3, -0.25) is 4.79 Å². The molecule has 4 rings (SSSR count). The standard InChI is InChI=1S/C21H19F2N3O4/c1-28-15-8-12(9-16(10-15)29-2)20-24-21(30-25-20)18-5-6-19(27)26(18)11-13-7-14(22)3-4-17(13)23/h3-4,7-10,18H,5-6,11H2,1-2H3. The number of methoxy groups -OCH3 is 2. The SMILES string of the molecule is COc1cc(OC)cc(-c2noc(C3CCC(=O)N3Cc3cc(F)ccc3F)n2)c1. The first-order valence-corrected chi connectivity index (χ1v) is 9.29. The predicted octanol–water partition coefficient (Wildman–Crippen LogP) is 3.90. The molecule has 2 heterocycles. The topological polar surface area (TPSA) is 77.7 Å². The van der Waals surface area contributed by atoms with Crippen molar-refractivity contribution in [2.75, 3.05) is 14.2 Å². The van der Waals surface area contributed by atoms with Crippen LogP contribution in [0.1, 0.15) is 30.3 Å². The highest BCUT2D eigenvalue weighted by molar-refractivity contribution is 5.79. The second-order valence-electron chi connectivity index (χ2n) is 6.87. The molecule has 1 aliphatic heterocycles. The smallest absolute Gasteiger partial charge is 0.249 e. The highest BCUT2D eigenvalue weighted by Gasteiger charge is 2.36. The van der Waals surface area contributed by atoms with Crippen molar-refractivity contribution in [2.24, 2.45) is 0 Å². The van der Waals surface area contributed by atoms with Crippen molar-refractivity contribution in [3.05, 3.63) is 59.5 Å². The molecular weight excluding hydrogens is 396 g/mol. The van der Waals surface area contributed by atoms with Crippen LogP contribution in [0, 0.1) is 11.6 Å². The van der Waals surface area contributed by atoms with E-state index in [9.17, 15) is 13.6 Å². The monoisotopic (exact) mass is 415 g/mol. The molecule has 0 aliphatic carbocycles. The van der Waals surface area contributed by atoms with Gasteiger partial charge in [0, 0.05) is 30.2 Å². The fraction of sp³-hybridized carbons (Fsp3) is 0.286. The van der Waals surface area contributed by atoms with Gasteiger partial charge in [0.2, 0.25) is 17.6 Å². The molecule has 2 aromatic carbocycles. The van der Waals surface area contributed by atoms with Gasteiger partial charge in [-0.1, -0.05) is 5.16 Å². The molecule has 9 heteroatoms. The summed E-state index contributed by atoms with van der Waals surface area (Å²) < 4.78 is 43.5. The molecule has 7 nitrogen and oxygen atoms in total. The third-order valence-corrected chi connectivity index (χ3v) is 5.01. The van der Waals surface area contributed by atoms with Crippen molar-refractivity contribution in [3.8, 4) is 22.9 Å². The van der Waals surface area contributed by atoms with Gasteiger partial charge in [-0.05, 0) is 36.8 Å². The number of aromatic nitrogens is 2. The average Bonchev–Trinajstić information content (AvgIpc) is 3.37. The largest absolute Gasteiger partial charge is 0.497 e. The van der Waals surface area contributed by atoms with E-state index < -0.39 is 17.7 Å². The Morgan fingerprint density at radius 1 is 1.13 bits per heavy atom. The van der Waals surface area contributed by atoms with Crippen LogP contribution in [0.2, 0.25) is 0 Å². The van der Waals surface area contributed by atoms with E-state index in [1.165, 1.54) is 19.1 Å². The molecule has 3 aromatic rings. The van der Waals surface area contributed by atoms with Crippen molar-refractivity contribution in [1.82, 2.24) is 15.0 Å². The number of hydrogen-bond acceptors (Lipinski definition) is 6. The zero-order valence-corrected chi connectivity index (χ0v) is 16.4. The third-order valence-electron chi connectivity index (χ3n) is 5.01. The van der Waals surface area contributed by atoms with Gasteiger partial charge >= 0.3 is 0 Å². The molecule has 30 heavy (non-hydrogen) atoms. The fourth-order valence-electron chi connectivity index (χ4n) is 3.46. The zero-order chi connectivity index (χ0) is 21.3. The van der Waals surface area contributed by atoms with Crippen LogP contribution in [0.5, 0.6) is 11.5 Å². The number of carbonyl (C=O) groups is 1. The highest BCUT2D eigenvalue weighted by atomic mass is 19.1. The van der Waals surface area contributed by atoms with Crippen molar-refractivity contribution in [1.29, 1.82) is 0 Å². The molecule has 0 N–H and O–H groups in total. The van der Waals surface area contributed by atoms with Crippen molar-refractivity contribution in [3.63, 3.8) is 0 Å². The minimum absolute atomic E-state index is 0.0855. The molecule has 1 aliphatic rings. The lowest BCUT2D eigenvalue weighted by Crippen LogP contribution is -2.27. The molecule has 0 saturated carbocycles. The van der Waals surface area contributed by atoms with Gasteiger partial charge < -0.3 is 18.9 Å². The zero-order valence-electron chi connectivity index (χ0n) is 16.4. The minimum atomic E-state index is -0.579. The molecule has 1 atom stereocenters. The Kier molecular flexibility index (Phi) is 5.35. The van der Waals surface area contributed by atoms with E-state index in [4.69, 9.17) is 14.0 Å². The third kappa shape index (κ3) is 3.83. The Morgan fingerprint density at radius 2 is 1.87 bits per heavy atom. The van der Waals surface area contributed by atoms with Gasteiger partial charge in [-0.2, -0.15) is 4.98 Å². The van der Waals surface area contributed by atoms with Crippen LogP contribution in [0.4, 0.5) is 8.78 Å². The van der Waals surface area contributed by atoms with Crippen molar-refractivity contribution < 1.29 is 27.6 Å². The summed E-state index contributed by atoms with van der Waals surface area (Å²) in [6.45, 7) is -0.0855. The van der Waals surface area contributed by atoms with Crippen LogP contribution in [0.15, 0.2) is 40.9 Å². The van der Waals surface area contributed by atoms with Crippen LogP contribution in [-0.2, 0) is 11.3 Å². The maximum absolute atomic E-state index is 14.1. The maximum atomic E-state index is 14.1. The Bertz CT molecular complexity index is 1060. The number of likely N-dealkylation sites (tertiary alicyclic amines) is 1. The van der Waals surface area contributed by atoms with E-state index in [1.54, 1.807) is 18.2 Å². The highest BCUT2D eigenvalue weighted by Crippen LogP contribution is 2.35. The van der Waals surface area contributed by atoms with Gasteiger partial charge in [-0.15, -0.1) is 0 Å². The Balaban J connectivity index is 1.62. The van der Waals surface area contributed by atoms with Gasteiger partial charge in [0.05, 0.1) is 14.2 Å². The Morgan fingerprint density at radius 3 is 2.57 bits per heavy atom. The van der Waals surface area contributed by atoms with Crippen LogP contribution >= 0.6 is 0 Å². The lowest BCUT2D eigenvalue weighted by atomic mass is 10.1. The van der Waals surface area contributed by atoms with E-state index in [-0.39, 0.29) is 30.3 Å². The van der Waals surface area contributed by atoms with Gasteiger partial charge in [-0.25, -0.2) is 8.78 Å². The van der Waals surface area contributed by atoms with Crippen LogP contribution in [-0.4, -0.2) is 35.2 Å².